The number of nitrogens with one attached hydrogen (secondary N) is 1. The summed E-state index contributed by atoms with van der Waals surface area (Å²) >= 11 is 0. The van der Waals surface area contributed by atoms with E-state index in [-0.39, 0.29) is 12.2 Å². The van der Waals surface area contributed by atoms with Crippen LogP contribution in [0.4, 0.5) is 0 Å². The molecule has 90 valence electrons. The minimum Gasteiger partial charge on any atom is -0.507 e. The lowest BCUT2D eigenvalue weighted by molar-refractivity contribution is -0.136. The molecule has 1 aromatic rings. The highest BCUT2D eigenvalue weighted by Gasteiger charge is 2.03. The summed E-state index contributed by atoms with van der Waals surface area (Å²) in [4.78, 5) is 10.6. The SMILES string of the molecule is CNCCC#Cc1cc(CC(=O)O)ccc1O. The van der Waals surface area contributed by atoms with Gasteiger partial charge in [0.2, 0.25) is 0 Å². The number of hydrogen-bond acceptors (Lipinski definition) is 3. The first-order valence-electron chi connectivity index (χ1n) is 5.30. The number of benzene rings is 1. The fourth-order valence-electron chi connectivity index (χ4n) is 1.31. The lowest BCUT2D eigenvalue weighted by Gasteiger charge is -2.00. The van der Waals surface area contributed by atoms with Crippen molar-refractivity contribution in [2.45, 2.75) is 12.8 Å². The van der Waals surface area contributed by atoms with Gasteiger partial charge in [-0.1, -0.05) is 17.9 Å². The number of hydrogen-bond donors (Lipinski definition) is 3. The highest BCUT2D eigenvalue weighted by Crippen LogP contribution is 2.17. The van der Waals surface area contributed by atoms with E-state index in [0.29, 0.717) is 17.5 Å². The number of carboxylic acid groups (broad SMARTS) is 1. The molecule has 0 radical (unpaired) electrons. The van der Waals surface area contributed by atoms with Crippen LogP contribution >= 0.6 is 0 Å². The number of carbonyl (C=O) groups is 1. The maximum atomic E-state index is 10.6. The number of aliphatic carboxylic acids is 1. The van der Waals surface area contributed by atoms with Gasteiger partial charge in [-0.15, -0.1) is 0 Å². The molecular formula is C13H15NO3. The average molecular weight is 233 g/mol. The lowest BCUT2D eigenvalue weighted by Crippen LogP contribution is -2.05. The average Bonchev–Trinajstić information content (AvgIpc) is 2.28. The first kappa shape index (κ1) is 13.1. The van der Waals surface area contributed by atoms with E-state index >= 15 is 0 Å². The van der Waals surface area contributed by atoms with Gasteiger partial charge in [-0.25, -0.2) is 0 Å². The molecule has 0 bridgehead atoms. The molecule has 0 heterocycles. The smallest absolute Gasteiger partial charge is 0.307 e. The van der Waals surface area contributed by atoms with Crippen LogP contribution in [0.15, 0.2) is 18.2 Å². The first-order chi connectivity index (χ1) is 8.13. The molecule has 1 rings (SSSR count). The predicted octanol–water partition coefficient (Wildman–Crippen LogP) is 0.980. The van der Waals surface area contributed by atoms with Crippen LogP contribution < -0.4 is 5.32 Å². The molecule has 0 fully saturated rings. The molecule has 0 amide bonds. The first-order valence-corrected chi connectivity index (χ1v) is 5.30. The van der Waals surface area contributed by atoms with E-state index in [1.54, 1.807) is 12.1 Å². The molecular weight excluding hydrogens is 218 g/mol. The van der Waals surface area contributed by atoms with Crippen molar-refractivity contribution in [2.24, 2.45) is 0 Å². The van der Waals surface area contributed by atoms with Crippen LogP contribution in [-0.4, -0.2) is 29.8 Å². The van der Waals surface area contributed by atoms with Gasteiger partial charge >= 0.3 is 5.97 Å². The van der Waals surface area contributed by atoms with Crippen LogP contribution in [0, 0.1) is 11.8 Å². The summed E-state index contributed by atoms with van der Waals surface area (Å²) in [6.45, 7) is 0.780. The molecule has 1 aromatic carbocycles. The van der Waals surface area contributed by atoms with Gasteiger partial charge in [-0.05, 0) is 24.7 Å². The summed E-state index contributed by atoms with van der Waals surface area (Å²) in [6.07, 6.45) is 0.616. The molecule has 3 N–H and O–H groups in total. The number of carboxylic acids is 1. The molecule has 17 heavy (non-hydrogen) atoms. The number of phenolic OH excluding ortho intramolecular Hbond substituents is 1. The van der Waals surface area contributed by atoms with Gasteiger partial charge in [0, 0.05) is 13.0 Å². The zero-order valence-corrected chi connectivity index (χ0v) is 9.66. The molecule has 0 spiro atoms. The Balaban J connectivity index is 2.81. The Kier molecular flexibility index (Phi) is 5.05. The molecule has 4 nitrogen and oxygen atoms in total. The molecule has 0 saturated heterocycles. The van der Waals surface area contributed by atoms with E-state index in [1.807, 2.05) is 7.05 Å². The second-order valence-corrected chi connectivity index (χ2v) is 3.58. The molecule has 0 aromatic heterocycles. The predicted molar refractivity (Wildman–Crippen MR) is 64.9 cm³/mol. The van der Waals surface area contributed by atoms with Gasteiger partial charge in [0.25, 0.3) is 0 Å². The van der Waals surface area contributed by atoms with E-state index < -0.39 is 5.97 Å². The van der Waals surface area contributed by atoms with Gasteiger partial charge in [0.15, 0.2) is 0 Å². The molecule has 0 aliphatic carbocycles. The molecule has 0 unspecified atom stereocenters. The van der Waals surface area contributed by atoms with Crippen molar-refractivity contribution >= 4 is 5.97 Å². The van der Waals surface area contributed by atoms with Crippen LogP contribution in [0.1, 0.15) is 17.5 Å². The highest BCUT2D eigenvalue weighted by atomic mass is 16.4. The maximum absolute atomic E-state index is 10.6. The largest absolute Gasteiger partial charge is 0.507 e. The topological polar surface area (TPSA) is 69.6 Å². The van der Waals surface area contributed by atoms with Crippen molar-refractivity contribution in [3.8, 4) is 17.6 Å². The maximum Gasteiger partial charge on any atom is 0.307 e. The summed E-state index contributed by atoms with van der Waals surface area (Å²) in [5, 5.41) is 21.2. The van der Waals surface area contributed by atoms with Gasteiger partial charge in [0.05, 0.1) is 12.0 Å². The van der Waals surface area contributed by atoms with Gasteiger partial charge < -0.3 is 15.5 Å². The lowest BCUT2D eigenvalue weighted by atomic mass is 10.1. The molecule has 0 aliphatic rings. The van der Waals surface area contributed by atoms with Crippen LogP contribution in [0.2, 0.25) is 0 Å². The van der Waals surface area contributed by atoms with Crippen LogP contribution in [0.25, 0.3) is 0 Å². The zero-order chi connectivity index (χ0) is 12.7. The van der Waals surface area contributed by atoms with E-state index in [2.05, 4.69) is 17.2 Å². The van der Waals surface area contributed by atoms with Gasteiger partial charge in [-0.3, -0.25) is 4.79 Å². The second-order valence-electron chi connectivity index (χ2n) is 3.58. The minimum atomic E-state index is -0.898. The van der Waals surface area contributed by atoms with E-state index in [9.17, 15) is 9.90 Å². The summed E-state index contributed by atoms with van der Waals surface area (Å²) < 4.78 is 0. The fourth-order valence-corrected chi connectivity index (χ4v) is 1.31. The van der Waals surface area contributed by atoms with Crippen molar-refractivity contribution in [3.63, 3.8) is 0 Å². The third-order valence-corrected chi connectivity index (χ3v) is 2.14. The summed E-state index contributed by atoms with van der Waals surface area (Å²) in [5.74, 6) is 4.91. The van der Waals surface area contributed by atoms with Crippen molar-refractivity contribution in [1.29, 1.82) is 0 Å². The highest BCUT2D eigenvalue weighted by molar-refractivity contribution is 5.70. The number of phenols is 1. The van der Waals surface area contributed by atoms with Crippen molar-refractivity contribution < 1.29 is 15.0 Å². The Morgan fingerprint density at radius 2 is 2.24 bits per heavy atom. The monoisotopic (exact) mass is 233 g/mol. The van der Waals surface area contributed by atoms with Crippen molar-refractivity contribution in [3.05, 3.63) is 29.3 Å². The number of aromatic hydroxyl groups is 1. The molecule has 0 aliphatic heterocycles. The Morgan fingerprint density at radius 1 is 1.47 bits per heavy atom. The van der Waals surface area contributed by atoms with Gasteiger partial charge in [0.1, 0.15) is 5.75 Å². The third kappa shape index (κ3) is 4.58. The second kappa shape index (κ2) is 6.56. The fraction of sp³-hybridized carbons (Fsp3) is 0.308. The molecule has 0 atom stereocenters. The van der Waals surface area contributed by atoms with Crippen LogP contribution in [0.3, 0.4) is 0 Å². The van der Waals surface area contributed by atoms with Crippen LogP contribution in [-0.2, 0) is 11.2 Å². The Labute approximate surface area is 100 Å². The minimum absolute atomic E-state index is 0.0640. The Morgan fingerprint density at radius 3 is 2.88 bits per heavy atom. The normalized spacial score (nSPS) is 9.47. The zero-order valence-electron chi connectivity index (χ0n) is 9.66. The van der Waals surface area contributed by atoms with E-state index in [1.165, 1.54) is 6.07 Å². The molecule has 0 saturated carbocycles. The van der Waals surface area contributed by atoms with E-state index in [4.69, 9.17) is 5.11 Å². The third-order valence-electron chi connectivity index (χ3n) is 2.14. The number of rotatable bonds is 4. The Bertz CT molecular complexity index is 457. The van der Waals surface area contributed by atoms with Crippen LogP contribution in [0.5, 0.6) is 5.75 Å². The van der Waals surface area contributed by atoms with Crippen molar-refractivity contribution in [2.75, 3.05) is 13.6 Å². The summed E-state index contributed by atoms with van der Waals surface area (Å²) in [5.41, 5.74) is 1.10. The Hall–Kier alpha value is -1.99. The quantitative estimate of drug-likeness (QED) is 0.535. The van der Waals surface area contributed by atoms with E-state index in [0.717, 1.165) is 6.54 Å². The summed E-state index contributed by atoms with van der Waals surface area (Å²) in [7, 11) is 1.84. The van der Waals surface area contributed by atoms with Crippen molar-refractivity contribution in [1.82, 2.24) is 5.32 Å². The summed E-state index contributed by atoms with van der Waals surface area (Å²) in [6, 6.07) is 4.67. The van der Waals surface area contributed by atoms with Gasteiger partial charge in [-0.2, -0.15) is 0 Å². The molecule has 4 heteroatoms. The standard InChI is InChI=1S/C13H15NO3/c1-14-7-3-2-4-11-8-10(9-13(16)17)5-6-12(11)15/h5-6,8,14-15H,3,7,9H2,1H3,(H,16,17).